The van der Waals surface area contributed by atoms with Gasteiger partial charge in [-0.1, -0.05) is 41.1 Å². The Hall–Kier alpha value is -2.24. The number of nitrogens with one attached hydrogen (secondary N) is 1. The first-order valence-corrected chi connectivity index (χ1v) is 7.36. The third kappa shape index (κ3) is 3.26. The summed E-state index contributed by atoms with van der Waals surface area (Å²) in [6.07, 6.45) is 3.20. The van der Waals surface area contributed by atoms with Gasteiger partial charge in [0.2, 0.25) is 0 Å². The number of carbonyl (C=O) groups is 1. The molecule has 104 valence electrons. The molecule has 0 radical (unpaired) electrons. The number of amides is 1. The van der Waals surface area contributed by atoms with Crippen LogP contribution in [0.15, 0.2) is 54.9 Å². The smallest absolute Gasteiger partial charge is 0.267 e. The van der Waals surface area contributed by atoms with Crippen LogP contribution in [0.3, 0.4) is 0 Å². The second kappa shape index (κ2) is 6.03. The SMILES string of the molecule is O=C(Nc1cccc(-c2ccccn2)c1)c1cnc(Cl)s1. The molecular weight excluding hydrogens is 306 g/mol. The molecular formula is C15H10ClN3OS. The van der Waals surface area contributed by atoms with E-state index in [-0.39, 0.29) is 5.91 Å². The van der Waals surface area contributed by atoms with Crippen LogP contribution >= 0.6 is 22.9 Å². The van der Waals surface area contributed by atoms with Gasteiger partial charge < -0.3 is 5.32 Å². The van der Waals surface area contributed by atoms with Crippen molar-refractivity contribution in [3.05, 3.63) is 64.2 Å². The van der Waals surface area contributed by atoms with Crippen molar-refractivity contribution in [3.63, 3.8) is 0 Å². The van der Waals surface area contributed by atoms with Crippen molar-refractivity contribution >= 4 is 34.5 Å². The molecule has 0 unspecified atom stereocenters. The number of halogens is 1. The van der Waals surface area contributed by atoms with E-state index in [9.17, 15) is 4.79 Å². The summed E-state index contributed by atoms with van der Waals surface area (Å²) in [5.41, 5.74) is 2.50. The number of hydrogen-bond donors (Lipinski definition) is 1. The monoisotopic (exact) mass is 315 g/mol. The molecule has 21 heavy (non-hydrogen) atoms. The number of hydrogen-bond acceptors (Lipinski definition) is 4. The number of benzene rings is 1. The van der Waals surface area contributed by atoms with Crippen LogP contribution in [0.2, 0.25) is 4.47 Å². The first-order chi connectivity index (χ1) is 10.2. The highest BCUT2D eigenvalue weighted by molar-refractivity contribution is 7.17. The summed E-state index contributed by atoms with van der Waals surface area (Å²) in [5, 5.41) is 2.83. The second-order valence-corrected chi connectivity index (χ2v) is 5.84. The maximum atomic E-state index is 12.1. The van der Waals surface area contributed by atoms with Gasteiger partial charge in [0.15, 0.2) is 4.47 Å². The fourth-order valence-electron chi connectivity index (χ4n) is 1.84. The summed E-state index contributed by atoms with van der Waals surface area (Å²) < 4.78 is 0.349. The molecule has 0 spiro atoms. The molecule has 0 aliphatic rings. The minimum Gasteiger partial charge on any atom is -0.321 e. The molecule has 1 amide bonds. The predicted octanol–water partition coefficient (Wildman–Crippen LogP) is 4.11. The van der Waals surface area contributed by atoms with Crippen LogP contribution in [-0.4, -0.2) is 15.9 Å². The molecule has 0 fully saturated rings. The van der Waals surface area contributed by atoms with Gasteiger partial charge in [0.1, 0.15) is 4.88 Å². The van der Waals surface area contributed by atoms with Crippen LogP contribution in [0.4, 0.5) is 5.69 Å². The Morgan fingerprint density at radius 1 is 1.14 bits per heavy atom. The zero-order chi connectivity index (χ0) is 14.7. The molecule has 0 aliphatic carbocycles. The number of thiazole rings is 1. The fourth-order valence-corrected chi connectivity index (χ4v) is 2.67. The lowest BCUT2D eigenvalue weighted by Gasteiger charge is -2.06. The van der Waals surface area contributed by atoms with Crippen molar-refractivity contribution in [2.45, 2.75) is 0 Å². The minimum absolute atomic E-state index is 0.224. The summed E-state index contributed by atoms with van der Waals surface area (Å²) in [6, 6.07) is 13.2. The lowest BCUT2D eigenvalue weighted by molar-refractivity contribution is 0.103. The Bertz CT molecular complexity index is 773. The highest BCUT2D eigenvalue weighted by Gasteiger charge is 2.10. The average Bonchev–Trinajstić information content (AvgIpc) is 2.95. The van der Waals surface area contributed by atoms with Crippen molar-refractivity contribution in [2.24, 2.45) is 0 Å². The van der Waals surface area contributed by atoms with Gasteiger partial charge in [-0.2, -0.15) is 0 Å². The maximum Gasteiger partial charge on any atom is 0.267 e. The summed E-state index contributed by atoms with van der Waals surface area (Å²) in [5.74, 6) is -0.224. The highest BCUT2D eigenvalue weighted by atomic mass is 35.5. The van der Waals surface area contributed by atoms with Gasteiger partial charge in [-0.15, -0.1) is 0 Å². The molecule has 0 atom stereocenters. The molecule has 2 aromatic heterocycles. The molecule has 0 aliphatic heterocycles. The van der Waals surface area contributed by atoms with E-state index in [1.54, 1.807) is 6.20 Å². The predicted molar refractivity (Wildman–Crippen MR) is 84.8 cm³/mol. The van der Waals surface area contributed by atoms with Gasteiger partial charge in [-0.3, -0.25) is 9.78 Å². The van der Waals surface area contributed by atoms with Crippen molar-refractivity contribution in [3.8, 4) is 11.3 Å². The van der Waals surface area contributed by atoms with E-state index in [2.05, 4.69) is 15.3 Å². The van der Waals surface area contributed by atoms with Crippen molar-refractivity contribution < 1.29 is 4.79 Å². The van der Waals surface area contributed by atoms with Crippen LogP contribution < -0.4 is 5.32 Å². The molecule has 2 heterocycles. The van der Waals surface area contributed by atoms with Crippen LogP contribution in [0.1, 0.15) is 9.67 Å². The van der Waals surface area contributed by atoms with Gasteiger partial charge in [0, 0.05) is 17.4 Å². The van der Waals surface area contributed by atoms with Crippen LogP contribution in [0.5, 0.6) is 0 Å². The topological polar surface area (TPSA) is 54.9 Å². The third-order valence-electron chi connectivity index (χ3n) is 2.78. The van der Waals surface area contributed by atoms with Crippen LogP contribution in [-0.2, 0) is 0 Å². The van der Waals surface area contributed by atoms with Crippen molar-refractivity contribution in [1.82, 2.24) is 9.97 Å². The minimum atomic E-state index is -0.224. The average molecular weight is 316 g/mol. The Morgan fingerprint density at radius 2 is 2.05 bits per heavy atom. The van der Waals surface area contributed by atoms with E-state index in [0.29, 0.717) is 15.0 Å². The van der Waals surface area contributed by atoms with E-state index in [1.807, 2.05) is 42.5 Å². The zero-order valence-corrected chi connectivity index (χ0v) is 12.4. The van der Waals surface area contributed by atoms with Crippen molar-refractivity contribution in [2.75, 3.05) is 5.32 Å². The number of aromatic nitrogens is 2. The molecule has 0 bridgehead atoms. The molecule has 1 N–H and O–H groups in total. The van der Waals surface area contributed by atoms with E-state index in [0.717, 1.165) is 22.6 Å². The highest BCUT2D eigenvalue weighted by Crippen LogP contribution is 2.22. The molecule has 0 saturated carbocycles. The molecule has 4 nitrogen and oxygen atoms in total. The fraction of sp³-hybridized carbons (Fsp3) is 0. The van der Waals surface area contributed by atoms with Gasteiger partial charge in [0.25, 0.3) is 5.91 Å². The standard InChI is InChI=1S/C15H10ClN3OS/c16-15-18-9-13(21-15)14(20)19-11-5-3-4-10(8-11)12-6-1-2-7-17-12/h1-9H,(H,19,20). The first kappa shape index (κ1) is 13.7. The third-order valence-corrected chi connectivity index (χ3v) is 3.90. The lowest BCUT2D eigenvalue weighted by Crippen LogP contribution is -2.10. The summed E-state index contributed by atoms with van der Waals surface area (Å²) >= 11 is 6.88. The van der Waals surface area contributed by atoms with Gasteiger partial charge >= 0.3 is 0 Å². The lowest BCUT2D eigenvalue weighted by atomic mass is 10.1. The Balaban J connectivity index is 1.82. The number of carbonyl (C=O) groups excluding carboxylic acids is 1. The van der Waals surface area contributed by atoms with Gasteiger partial charge in [-0.05, 0) is 24.3 Å². The first-order valence-electron chi connectivity index (χ1n) is 6.16. The zero-order valence-electron chi connectivity index (χ0n) is 10.8. The van der Waals surface area contributed by atoms with Crippen LogP contribution in [0, 0.1) is 0 Å². The molecule has 3 aromatic rings. The largest absolute Gasteiger partial charge is 0.321 e. The second-order valence-electron chi connectivity index (χ2n) is 4.23. The Morgan fingerprint density at radius 3 is 2.76 bits per heavy atom. The molecule has 6 heteroatoms. The number of rotatable bonds is 3. The summed E-state index contributed by atoms with van der Waals surface area (Å²) in [7, 11) is 0. The van der Waals surface area contributed by atoms with Gasteiger partial charge in [0.05, 0.1) is 11.9 Å². The molecule has 1 aromatic carbocycles. The number of anilines is 1. The Labute approximate surface area is 130 Å². The summed E-state index contributed by atoms with van der Waals surface area (Å²) in [6.45, 7) is 0. The van der Waals surface area contributed by atoms with E-state index in [1.165, 1.54) is 6.20 Å². The van der Waals surface area contributed by atoms with E-state index >= 15 is 0 Å². The van der Waals surface area contributed by atoms with Crippen LogP contribution in [0.25, 0.3) is 11.3 Å². The normalized spacial score (nSPS) is 10.3. The molecule has 0 saturated heterocycles. The van der Waals surface area contributed by atoms with E-state index in [4.69, 9.17) is 11.6 Å². The molecule has 3 rings (SSSR count). The summed E-state index contributed by atoms with van der Waals surface area (Å²) in [4.78, 5) is 20.7. The number of pyridine rings is 1. The Kier molecular flexibility index (Phi) is 3.94. The van der Waals surface area contributed by atoms with E-state index < -0.39 is 0 Å². The van der Waals surface area contributed by atoms with Crippen molar-refractivity contribution in [1.29, 1.82) is 0 Å². The van der Waals surface area contributed by atoms with Gasteiger partial charge in [-0.25, -0.2) is 4.98 Å². The number of nitrogens with zero attached hydrogens (tertiary/aromatic N) is 2. The quantitative estimate of drug-likeness (QED) is 0.791. The maximum absolute atomic E-state index is 12.1.